The van der Waals surface area contributed by atoms with Gasteiger partial charge >= 0.3 is 6.18 Å². The fraction of sp³-hybridized carbons (Fsp3) is 0.333. The van der Waals surface area contributed by atoms with Crippen LogP contribution in [0, 0.1) is 6.92 Å². The monoisotopic (exact) mass is 287 g/mol. The number of aromatic nitrogens is 2. The highest BCUT2D eigenvalue weighted by molar-refractivity contribution is 7.11. The molecule has 1 atom stereocenters. The van der Waals surface area contributed by atoms with E-state index in [0.29, 0.717) is 16.2 Å². The van der Waals surface area contributed by atoms with E-state index in [1.807, 2.05) is 19.1 Å². The number of nitrogens with one attached hydrogen (secondary N) is 1. The Labute approximate surface area is 112 Å². The van der Waals surface area contributed by atoms with Crippen molar-refractivity contribution >= 4 is 11.3 Å². The maximum atomic E-state index is 12.5. The van der Waals surface area contributed by atoms with Crippen molar-refractivity contribution in [1.29, 1.82) is 0 Å². The lowest BCUT2D eigenvalue weighted by atomic mass is 10.1. The second-order valence-corrected chi connectivity index (χ2v) is 5.08. The van der Waals surface area contributed by atoms with E-state index in [2.05, 4.69) is 15.3 Å². The Kier molecular flexibility index (Phi) is 3.86. The van der Waals surface area contributed by atoms with Crippen molar-refractivity contribution in [2.45, 2.75) is 19.1 Å². The molecule has 3 nitrogen and oxygen atoms in total. The molecule has 2 rings (SSSR count). The molecule has 0 fully saturated rings. The predicted octanol–water partition coefficient (Wildman–Crippen LogP) is 3.17. The summed E-state index contributed by atoms with van der Waals surface area (Å²) in [5.41, 5.74) is 1.67. The summed E-state index contributed by atoms with van der Waals surface area (Å²) in [4.78, 5) is 8.10. The number of aryl methyl sites for hydroxylation is 1. The van der Waals surface area contributed by atoms with E-state index in [-0.39, 0.29) is 6.04 Å². The third kappa shape index (κ3) is 3.10. The molecular weight excluding hydrogens is 275 g/mol. The lowest BCUT2D eigenvalue weighted by Crippen LogP contribution is -2.16. The topological polar surface area (TPSA) is 37.8 Å². The van der Waals surface area contributed by atoms with Gasteiger partial charge in [-0.3, -0.25) is 4.98 Å². The van der Waals surface area contributed by atoms with Gasteiger partial charge in [0, 0.05) is 23.0 Å². The summed E-state index contributed by atoms with van der Waals surface area (Å²) in [7, 11) is 1.69. The molecule has 0 spiro atoms. The first-order valence-corrected chi connectivity index (χ1v) is 6.36. The van der Waals surface area contributed by atoms with Gasteiger partial charge in [0.1, 0.15) is 0 Å². The lowest BCUT2D eigenvalue weighted by molar-refractivity contribution is -0.137. The van der Waals surface area contributed by atoms with E-state index in [4.69, 9.17) is 0 Å². The minimum atomic E-state index is -4.40. The molecule has 0 amide bonds. The van der Waals surface area contributed by atoms with Crippen molar-refractivity contribution in [2.75, 3.05) is 7.05 Å². The highest BCUT2D eigenvalue weighted by Crippen LogP contribution is 2.35. The molecule has 19 heavy (non-hydrogen) atoms. The summed E-state index contributed by atoms with van der Waals surface area (Å²) in [5, 5.41) is 2.15. The van der Waals surface area contributed by atoms with Gasteiger partial charge in [-0.2, -0.15) is 13.2 Å². The van der Waals surface area contributed by atoms with Crippen LogP contribution in [0.25, 0.3) is 0 Å². The molecule has 2 heterocycles. The highest BCUT2D eigenvalue weighted by atomic mass is 32.1. The van der Waals surface area contributed by atoms with Crippen molar-refractivity contribution in [3.63, 3.8) is 0 Å². The van der Waals surface area contributed by atoms with Crippen LogP contribution < -0.4 is 5.32 Å². The number of halogens is 3. The van der Waals surface area contributed by atoms with Crippen LogP contribution in [0.2, 0.25) is 0 Å². The molecule has 0 bridgehead atoms. The molecule has 2 aromatic rings. The molecule has 0 aliphatic rings. The number of hydrogen-bond donors (Lipinski definition) is 1. The first-order chi connectivity index (χ1) is 8.91. The van der Waals surface area contributed by atoms with Gasteiger partial charge < -0.3 is 5.32 Å². The smallest absolute Gasteiger partial charge is 0.309 e. The van der Waals surface area contributed by atoms with Crippen LogP contribution in [0.1, 0.15) is 27.2 Å². The van der Waals surface area contributed by atoms with Crippen molar-refractivity contribution in [1.82, 2.24) is 15.3 Å². The van der Waals surface area contributed by atoms with E-state index >= 15 is 0 Å². The number of thiazole rings is 1. The summed E-state index contributed by atoms with van der Waals surface area (Å²) in [6, 6.07) is 3.34. The molecule has 2 aromatic heterocycles. The standard InChI is InChI=1S/C12H12F3N3S/c1-7-3-4-8(5-17-7)10(16-2)9-6-18-11(19-9)12(13,14)15/h3-6,10,16H,1-2H3. The van der Waals surface area contributed by atoms with Crippen molar-refractivity contribution in [3.05, 3.63) is 45.7 Å². The Bertz CT molecular complexity index is 548. The molecule has 0 aliphatic carbocycles. The molecule has 0 aromatic carbocycles. The molecule has 0 saturated heterocycles. The van der Waals surface area contributed by atoms with E-state index in [0.717, 1.165) is 11.3 Å². The fourth-order valence-corrected chi connectivity index (χ4v) is 2.60. The Hall–Kier alpha value is -1.47. The van der Waals surface area contributed by atoms with Crippen LogP contribution >= 0.6 is 11.3 Å². The molecule has 0 aliphatic heterocycles. The quantitative estimate of drug-likeness (QED) is 0.942. The Morgan fingerprint density at radius 1 is 1.21 bits per heavy atom. The van der Waals surface area contributed by atoms with Crippen LogP contribution in [-0.2, 0) is 6.18 Å². The predicted molar refractivity (Wildman–Crippen MR) is 67.0 cm³/mol. The van der Waals surface area contributed by atoms with Crippen molar-refractivity contribution in [2.24, 2.45) is 0 Å². The van der Waals surface area contributed by atoms with Crippen LogP contribution in [0.5, 0.6) is 0 Å². The summed E-state index contributed by atoms with van der Waals surface area (Å²) in [5.74, 6) is 0. The summed E-state index contributed by atoms with van der Waals surface area (Å²) >= 11 is 0.645. The van der Waals surface area contributed by atoms with E-state index in [1.54, 1.807) is 13.2 Å². The molecule has 7 heteroatoms. The Balaban J connectivity index is 2.32. The second kappa shape index (κ2) is 5.26. The molecule has 1 N–H and O–H groups in total. The van der Waals surface area contributed by atoms with Crippen LogP contribution in [0.3, 0.4) is 0 Å². The van der Waals surface area contributed by atoms with E-state index in [9.17, 15) is 13.2 Å². The van der Waals surface area contributed by atoms with Crippen LogP contribution in [-0.4, -0.2) is 17.0 Å². The fourth-order valence-electron chi connectivity index (χ4n) is 1.67. The number of hydrogen-bond acceptors (Lipinski definition) is 4. The van der Waals surface area contributed by atoms with Crippen LogP contribution in [0.4, 0.5) is 13.2 Å². The second-order valence-electron chi connectivity index (χ2n) is 4.02. The van der Waals surface area contributed by atoms with Gasteiger partial charge in [0.15, 0.2) is 5.01 Å². The van der Waals surface area contributed by atoms with Crippen molar-refractivity contribution in [3.8, 4) is 0 Å². The molecule has 0 radical (unpaired) electrons. The minimum absolute atomic E-state index is 0.332. The van der Waals surface area contributed by atoms with Crippen LogP contribution in [0.15, 0.2) is 24.5 Å². The first-order valence-electron chi connectivity index (χ1n) is 5.54. The third-order valence-corrected chi connectivity index (χ3v) is 3.71. The maximum Gasteiger partial charge on any atom is 0.443 e. The number of pyridine rings is 1. The van der Waals surface area contributed by atoms with Gasteiger partial charge in [-0.1, -0.05) is 6.07 Å². The summed E-state index contributed by atoms with van der Waals surface area (Å²) in [6.07, 6.45) is -1.48. The van der Waals surface area contributed by atoms with Gasteiger partial charge in [0.2, 0.25) is 0 Å². The SMILES string of the molecule is CNC(c1ccc(C)nc1)c1cnc(C(F)(F)F)s1. The molecule has 0 saturated carbocycles. The largest absolute Gasteiger partial charge is 0.443 e. The maximum absolute atomic E-state index is 12.5. The van der Waals surface area contributed by atoms with E-state index < -0.39 is 11.2 Å². The van der Waals surface area contributed by atoms with Gasteiger partial charge in [-0.25, -0.2) is 4.98 Å². The van der Waals surface area contributed by atoms with Gasteiger partial charge in [-0.05, 0) is 25.6 Å². The van der Waals surface area contributed by atoms with Gasteiger partial charge in [-0.15, -0.1) is 11.3 Å². The molecule has 102 valence electrons. The minimum Gasteiger partial charge on any atom is -0.309 e. The zero-order valence-corrected chi connectivity index (χ0v) is 11.1. The average Bonchev–Trinajstić information content (AvgIpc) is 2.82. The van der Waals surface area contributed by atoms with Gasteiger partial charge in [0.25, 0.3) is 0 Å². The number of nitrogens with zero attached hydrogens (tertiary/aromatic N) is 2. The van der Waals surface area contributed by atoms with Gasteiger partial charge in [0.05, 0.1) is 6.04 Å². The number of rotatable bonds is 3. The third-order valence-electron chi connectivity index (χ3n) is 2.61. The highest BCUT2D eigenvalue weighted by Gasteiger charge is 2.35. The summed E-state index contributed by atoms with van der Waals surface area (Å²) < 4.78 is 37.6. The molecular formula is C12H12F3N3S. The Morgan fingerprint density at radius 3 is 2.42 bits per heavy atom. The lowest BCUT2D eigenvalue weighted by Gasteiger charge is -2.14. The first kappa shape index (κ1) is 14.0. The van der Waals surface area contributed by atoms with Crippen molar-refractivity contribution < 1.29 is 13.2 Å². The summed E-state index contributed by atoms with van der Waals surface area (Å²) in [6.45, 7) is 1.85. The zero-order valence-electron chi connectivity index (χ0n) is 10.3. The van der Waals surface area contributed by atoms with E-state index in [1.165, 1.54) is 6.20 Å². The average molecular weight is 287 g/mol. The Morgan fingerprint density at radius 2 is 1.95 bits per heavy atom. The zero-order chi connectivity index (χ0) is 14.0. The number of alkyl halides is 3. The normalized spacial score (nSPS) is 13.5. The molecule has 1 unspecified atom stereocenters.